The van der Waals surface area contributed by atoms with Gasteiger partial charge < -0.3 is 4.90 Å². The summed E-state index contributed by atoms with van der Waals surface area (Å²) in [4.78, 5) is 18.3. The van der Waals surface area contributed by atoms with Crippen LogP contribution in [0.3, 0.4) is 0 Å². The molecule has 5 nitrogen and oxygen atoms in total. The Labute approximate surface area is 193 Å². The number of carbonyl (C=O) groups is 1. The molecule has 0 bridgehead atoms. The summed E-state index contributed by atoms with van der Waals surface area (Å²) in [6.07, 6.45) is 9.51. The number of hydrogen-bond acceptors (Lipinski definition) is 3. The van der Waals surface area contributed by atoms with Gasteiger partial charge in [-0.15, -0.1) is 0 Å². The first-order chi connectivity index (χ1) is 16.0. The van der Waals surface area contributed by atoms with Crippen LogP contribution in [0.5, 0.6) is 0 Å². The van der Waals surface area contributed by atoms with Crippen molar-refractivity contribution >= 4 is 11.6 Å². The van der Waals surface area contributed by atoms with E-state index < -0.39 is 5.41 Å². The van der Waals surface area contributed by atoms with E-state index in [0.717, 1.165) is 41.9 Å². The number of para-hydroxylation sites is 1. The highest BCUT2D eigenvalue weighted by molar-refractivity contribution is 6.08. The Balaban J connectivity index is 1.30. The SMILES string of the molecule is Cn1cc(-c2ccc(CN3C(=O)[C@]4(CCN(C5CCCC5)C4)c4ccccc43)c(F)c2)cn1. The number of benzene rings is 2. The van der Waals surface area contributed by atoms with Crippen LogP contribution in [0, 0.1) is 5.82 Å². The molecule has 6 heteroatoms. The van der Waals surface area contributed by atoms with Crippen LogP contribution in [0.2, 0.25) is 0 Å². The lowest BCUT2D eigenvalue weighted by atomic mass is 9.81. The molecule has 1 atom stereocenters. The predicted octanol–water partition coefficient (Wildman–Crippen LogP) is 4.66. The van der Waals surface area contributed by atoms with Gasteiger partial charge in [0.15, 0.2) is 0 Å². The van der Waals surface area contributed by atoms with Crippen LogP contribution in [-0.2, 0) is 23.8 Å². The zero-order valence-electron chi connectivity index (χ0n) is 19.0. The number of rotatable bonds is 4. The molecule has 1 aliphatic carbocycles. The van der Waals surface area contributed by atoms with Gasteiger partial charge in [0.1, 0.15) is 5.82 Å². The predicted molar refractivity (Wildman–Crippen MR) is 126 cm³/mol. The van der Waals surface area contributed by atoms with Crippen molar-refractivity contribution in [2.24, 2.45) is 7.05 Å². The maximum atomic E-state index is 15.2. The minimum Gasteiger partial charge on any atom is -0.307 e. The molecule has 2 aromatic carbocycles. The van der Waals surface area contributed by atoms with Crippen molar-refractivity contribution in [3.05, 3.63) is 71.8 Å². The smallest absolute Gasteiger partial charge is 0.239 e. The number of carbonyl (C=O) groups excluding carboxylic acids is 1. The zero-order valence-corrected chi connectivity index (χ0v) is 19.0. The zero-order chi connectivity index (χ0) is 22.6. The fourth-order valence-corrected chi connectivity index (χ4v) is 6.16. The summed E-state index contributed by atoms with van der Waals surface area (Å²) in [5.41, 5.74) is 3.76. The molecule has 6 rings (SSSR count). The number of anilines is 1. The molecule has 1 aromatic heterocycles. The molecular formula is C27H29FN4O. The number of aromatic nitrogens is 2. The van der Waals surface area contributed by atoms with E-state index in [2.05, 4.69) is 16.1 Å². The molecule has 3 aromatic rings. The topological polar surface area (TPSA) is 41.4 Å². The third-order valence-corrected chi connectivity index (χ3v) is 7.92. The number of amides is 1. The van der Waals surface area contributed by atoms with E-state index in [1.54, 1.807) is 23.0 Å². The van der Waals surface area contributed by atoms with Crippen molar-refractivity contribution in [3.8, 4) is 11.1 Å². The van der Waals surface area contributed by atoms with Crippen LogP contribution in [-0.4, -0.2) is 39.7 Å². The summed E-state index contributed by atoms with van der Waals surface area (Å²) >= 11 is 0. The lowest BCUT2D eigenvalue weighted by Gasteiger charge is -2.27. The van der Waals surface area contributed by atoms with E-state index in [-0.39, 0.29) is 18.3 Å². The highest BCUT2D eigenvalue weighted by Gasteiger charge is 2.55. The van der Waals surface area contributed by atoms with Crippen LogP contribution in [0.4, 0.5) is 10.1 Å². The van der Waals surface area contributed by atoms with Gasteiger partial charge in [-0.3, -0.25) is 14.4 Å². The number of hydrogen-bond donors (Lipinski definition) is 0. The van der Waals surface area contributed by atoms with Gasteiger partial charge in [-0.2, -0.15) is 5.10 Å². The second-order valence-electron chi connectivity index (χ2n) is 9.86. The highest BCUT2D eigenvalue weighted by Crippen LogP contribution is 2.49. The third kappa shape index (κ3) is 3.31. The first kappa shape index (κ1) is 20.6. The van der Waals surface area contributed by atoms with E-state index in [0.29, 0.717) is 11.6 Å². The normalized spacial score (nSPS) is 23.2. The van der Waals surface area contributed by atoms with Crippen molar-refractivity contribution in [1.29, 1.82) is 0 Å². The van der Waals surface area contributed by atoms with Crippen molar-refractivity contribution in [3.63, 3.8) is 0 Å². The van der Waals surface area contributed by atoms with Crippen molar-refractivity contribution in [1.82, 2.24) is 14.7 Å². The molecule has 3 heterocycles. The summed E-state index contributed by atoms with van der Waals surface area (Å²) in [7, 11) is 1.84. The van der Waals surface area contributed by atoms with Crippen molar-refractivity contribution in [2.45, 2.75) is 50.1 Å². The number of likely N-dealkylation sites (tertiary alicyclic amines) is 1. The van der Waals surface area contributed by atoms with E-state index in [1.807, 2.05) is 42.4 Å². The summed E-state index contributed by atoms with van der Waals surface area (Å²) in [5, 5.41) is 4.18. The van der Waals surface area contributed by atoms with Gasteiger partial charge in [0.2, 0.25) is 5.91 Å². The molecule has 1 saturated heterocycles. The molecule has 2 fully saturated rings. The molecule has 2 aliphatic heterocycles. The molecule has 3 aliphatic rings. The van der Waals surface area contributed by atoms with E-state index in [9.17, 15) is 4.79 Å². The Kier molecular flexibility index (Phi) is 4.87. The van der Waals surface area contributed by atoms with E-state index >= 15 is 4.39 Å². The van der Waals surface area contributed by atoms with Gasteiger partial charge in [0.05, 0.1) is 18.2 Å². The number of aryl methyl sites for hydroxylation is 1. The van der Waals surface area contributed by atoms with Crippen LogP contribution in [0.15, 0.2) is 54.9 Å². The van der Waals surface area contributed by atoms with Gasteiger partial charge in [-0.05, 0) is 49.1 Å². The van der Waals surface area contributed by atoms with E-state index in [1.165, 1.54) is 25.7 Å². The second kappa shape index (κ2) is 7.80. The third-order valence-electron chi connectivity index (χ3n) is 7.92. The molecule has 170 valence electrons. The minimum absolute atomic E-state index is 0.125. The quantitative estimate of drug-likeness (QED) is 0.588. The Morgan fingerprint density at radius 2 is 1.94 bits per heavy atom. The molecule has 1 spiro atoms. The lowest BCUT2D eigenvalue weighted by molar-refractivity contribution is -0.123. The highest BCUT2D eigenvalue weighted by atomic mass is 19.1. The summed E-state index contributed by atoms with van der Waals surface area (Å²) < 4.78 is 16.9. The average molecular weight is 445 g/mol. The van der Waals surface area contributed by atoms with Crippen molar-refractivity contribution in [2.75, 3.05) is 18.0 Å². The maximum Gasteiger partial charge on any atom is 0.239 e. The molecule has 1 saturated carbocycles. The van der Waals surface area contributed by atoms with Gasteiger partial charge in [-0.25, -0.2) is 4.39 Å². The Bertz CT molecular complexity index is 1210. The van der Waals surface area contributed by atoms with Crippen LogP contribution in [0.25, 0.3) is 11.1 Å². The number of fused-ring (bicyclic) bond motifs is 2. The summed E-state index contributed by atoms with van der Waals surface area (Å²) in [5.74, 6) is -0.165. The second-order valence-corrected chi connectivity index (χ2v) is 9.86. The van der Waals surface area contributed by atoms with Crippen LogP contribution in [0.1, 0.15) is 43.2 Å². The molecule has 33 heavy (non-hydrogen) atoms. The lowest BCUT2D eigenvalue weighted by Crippen LogP contribution is -2.43. The Hall–Kier alpha value is -2.99. The summed E-state index contributed by atoms with van der Waals surface area (Å²) in [6, 6.07) is 14.0. The number of halogens is 1. The monoisotopic (exact) mass is 444 g/mol. The van der Waals surface area contributed by atoms with Crippen LogP contribution >= 0.6 is 0 Å². The fourth-order valence-electron chi connectivity index (χ4n) is 6.16. The molecular weight excluding hydrogens is 415 g/mol. The minimum atomic E-state index is -0.495. The molecule has 1 amide bonds. The fraction of sp³-hybridized carbons (Fsp3) is 0.407. The Morgan fingerprint density at radius 3 is 2.70 bits per heavy atom. The van der Waals surface area contributed by atoms with Gasteiger partial charge in [0.25, 0.3) is 0 Å². The summed E-state index contributed by atoms with van der Waals surface area (Å²) in [6.45, 7) is 2.00. The largest absolute Gasteiger partial charge is 0.307 e. The first-order valence-corrected chi connectivity index (χ1v) is 12.0. The van der Waals surface area contributed by atoms with Gasteiger partial charge in [-0.1, -0.05) is 43.2 Å². The average Bonchev–Trinajstić information content (AvgIpc) is 3.61. The van der Waals surface area contributed by atoms with E-state index in [4.69, 9.17) is 0 Å². The maximum absolute atomic E-state index is 15.2. The molecule has 0 N–H and O–H groups in total. The first-order valence-electron chi connectivity index (χ1n) is 12.0. The molecule has 0 unspecified atom stereocenters. The molecule has 0 radical (unpaired) electrons. The number of nitrogens with zero attached hydrogens (tertiary/aromatic N) is 4. The van der Waals surface area contributed by atoms with Gasteiger partial charge in [0, 0.05) is 42.6 Å². The Morgan fingerprint density at radius 1 is 1.12 bits per heavy atom. The standard InChI is InChI=1S/C27H29FN4O/c1-30-16-21(15-29-30)19-10-11-20(24(28)14-19)17-32-25-9-5-4-8-23(25)27(26(32)33)12-13-31(18-27)22-6-2-3-7-22/h4-5,8-11,14-16,22H,2-3,6-7,12-13,17-18H2,1H3/t27-/m0/s1. The van der Waals surface area contributed by atoms with Crippen molar-refractivity contribution < 1.29 is 9.18 Å². The van der Waals surface area contributed by atoms with Crippen LogP contribution < -0.4 is 4.90 Å². The van der Waals surface area contributed by atoms with Gasteiger partial charge >= 0.3 is 0 Å².